The van der Waals surface area contributed by atoms with Crippen LogP contribution in [-0.2, 0) is 11.3 Å². The van der Waals surface area contributed by atoms with Crippen molar-refractivity contribution < 1.29 is 4.79 Å². The molecule has 0 unspecified atom stereocenters. The number of carbonyl (C=O) groups is 1. The van der Waals surface area contributed by atoms with Gasteiger partial charge in [0.15, 0.2) is 0 Å². The van der Waals surface area contributed by atoms with E-state index in [0.29, 0.717) is 0 Å². The molecule has 0 aromatic heterocycles. The first-order valence-corrected chi connectivity index (χ1v) is 6.58. The maximum atomic E-state index is 10.9. The maximum Gasteiger partial charge on any atom is 0.210 e. The number of carbonyl (C=O) groups excluding carboxylic acids is 1. The molecule has 1 saturated heterocycles. The number of hydrogen-bond acceptors (Lipinski definition) is 2. The Kier molecular flexibility index (Phi) is 4.02. The fraction of sp³-hybridized carbons (Fsp3) is 0.533. The molecule has 0 N–H and O–H groups in total. The van der Waals surface area contributed by atoms with Crippen LogP contribution in [0.5, 0.6) is 0 Å². The fourth-order valence-corrected chi connectivity index (χ4v) is 2.48. The van der Waals surface area contributed by atoms with E-state index in [9.17, 15) is 4.79 Å². The molecule has 98 valence electrons. The Labute approximate surface area is 109 Å². The van der Waals surface area contributed by atoms with E-state index in [0.717, 1.165) is 38.9 Å². The van der Waals surface area contributed by atoms with E-state index >= 15 is 0 Å². The molecular weight excluding hydrogens is 224 g/mol. The SMILES string of the molecule is CN(CC[C@]1(C)CCN1C=O)Cc1ccccc1. The van der Waals surface area contributed by atoms with Gasteiger partial charge in [-0.15, -0.1) is 0 Å². The van der Waals surface area contributed by atoms with Crippen LogP contribution in [-0.4, -0.2) is 41.9 Å². The summed E-state index contributed by atoms with van der Waals surface area (Å²) < 4.78 is 0. The van der Waals surface area contributed by atoms with Crippen molar-refractivity contribution in [2.24, 2.45) is 0 Å². The van der Waals surface area contributed by atoms with Crippen molar-refractivity contribution in [3.8, 4) is 0 Å². The van der Waals surface area contributed by atoms with E-state index in [4.69, 9.17) is 0 Å². The van der Waals surface area contributed by atoms with Gasteiger partial charge in [-0.3, -0.25) is 4.79 Å². The van der Waals surface area contributed by atoms with Gasteiger partial charge >= 0.3 is 0 Å². The van der Waals surface area contributed by atoms with Gasteiger partial charge in [0.05, 0.1) is 0 Å². The van der Waals surface area contributed by atoms with Crippen LogP contribution >= 0.6 is 0 Å². The number of amides is 1. The van der Waals surface area contributed by atoms with Gasteiger partial charge in [-0.1, -0.05) is 30.3 Å². The van der Waals surface area contributed by atoms with Crippen molar-refractivity contribution in [1.82, 2.24) is 9.80 Å². The molecule has 2 rings (SSSR count). The Balaban J connectivity index is 1.78. The van der Waals surface area contributed by atoms with Gasteiger partial charge in [0.1, 0.15) is 0 Å². The highest BCUT2D eigenvalue weighted by molar-refractivity contribution is 5.50. The minimum atomic E-state index is 0.0900. The Hall–Kier alpha value is -1.35. The smallest absolute Gasteiger partial charge is 0.210 e. The Morgan fingerprint density at radius 3 is 2.67 bits per heavy atom. The summed E-state index contributed by atoms with van der Waals surface area (Å²) in [5, 5.41) is 0. The van der Waals surface area contributed by atoms with Gasteiger partial charge < -0.3 is 9.80 Å². The van der Waals surface area contributed by atoms with Crippen molar-refractivity contribution in [3.63, 3.8) is 0 Å². The lowest BCUT2D eigenvalue weighted by molar-refractivity contribution is -0.132. The summed E-state index contributed by atoms with van der Waals surface area (Å²) in [6.45, 7) is 5.09. The molecule has 1 aromatic rings. The molecule has 0 spiro atoms. The first-order chi connectivity index (χ1) is 8.64. The molecule has 1 aliphatic heterocycles. The van der Waals surface area contributed by atoms with E-state index < -0.39 is 0 Å². The van der Waals surface area contributed by atoms with Gasteiger partial charge in [-0.25, -0.2) is 0 Å². The molecule has 0 aliphatic carbocycles. The van der Waals surface area contributed by atoms with Crippen LogP contribution < -0.4 is 0 Å². The number of likely N-dealkylation sites (tertiary alicyclic amines) is 1. The Morgan fingerprint density at radius 1 is 1.39 bits per heavy atom. The van der Waals surface area contributed by atoms with E-state index in [2.05, 4.69) is 43.1 Å². The lowest BCUT2D eigenvalue weighted by Gasteiger charge is -2.49. The monoisotopic (exact) mass is 246 g/mol. The van der Waals surface area contributed by atoms with Gasteiger partial charge in [0, 0.05) is 25.2 Å². The predicted molar refractivity (Wildman–Crippen MR) is 73.2 cm³/mol. The molecule has 0 saturated carbocycles. The zero-order chi connectivity index (χ0) is 13.0. The minimum absolute atomic E-state index is 0.0900. The summed E-state index contributed by atoms with van der Waals surface area (Å²) in [4.78, 5) is 15.1. The molecule has 1 fully saturated rings. The number of hydrogen-bond donors (Lipinski definition) is 0. The molecule has 3 nitrogen and oxygen atoms in total. The average molecular weight is 246 g/mol. The fourth-order valence-electron chi connectivity index (χ4n) is 2.48. The van der Waals surface area contributed by atoms with Gasteiger partial charge in [-0.05, 0) is 32.4 Å². The molecule has 1 atom stereocenters. The second-order valence-corrected chi connectivity index (χ2v) is 5.52. The van der Waals surface area contributed by atoms with Crippen LogP contribution in [0.3, 0.4) is 0 Å². The zero-order valence-corrected chi connectivity index (χ0v) is 11.3. The van der Waals surface area contributed by atoms with Gasteiger partial charge in [-0.2, -0.15) is 0 Å². The Morgan fingerprint density at radius 2 is 2.11 bits per heavy atom. The van der Waals surface area contributed by atoms with Crippen LogP contribution in [0, 0.1) is 0 Å². The topological polar surface area (TPSA) is 23.6 Å². The van der Waals surface area contributed by atoms with Crippen molar-refractivity contribution in [2.45, 2.75) is 31.8 Å². The normalized spacial score (nSPS) is 22.9. The molecule has 1 aliphatic rings. The molecule has 0 bridgehead atoms. The third-order valence-electron chi connectivity index (χ3n) is 4.04. The first-order valence-electron chi connectivity index (χ1n) is 6.58. The Bertz CT molecular complexity index is 393. The number of benzene rings is 1. The van der Waals surface area contributed by atoms with Crippen molar-refractivity contribution in [2.75, 3.05) is 20.1 Å². The van der Waals surface area contributed by atoms with Crippen molar-refractivity contribution >= 4 is 6.41 Å². The van der Waals surface area contributed by atoms with Crippen LogP contribution in [0.4, 0.5) is 0 Å². The molecule has 0 radical (unpaired) electrons. The van der Waals surface area contributed by atoms with Gasteiger partial charge in [0.25, 0.3) is 0 Å². The first kappa shape index (κ1) is 13.1. The quantitative estimate of drug-likeness (QED) is 0.718. The highest BCUT2D eigenvalue weighted by Gasteiger charge is 2.38. The summed E-state index contributed by atoms with van der Waals surface area (Å²) >= 11 is 0. The summed E-state index contributed by atoms with van der Waals surface area (Å²) in [5.41, 5.74) is 1.43. The standard InChI is InChI=1S/C15H22N2O/c1-15(9-11-17(15)13-18)8-10-16(2)12-14-6-4-3-5-7-14/h3-7,13H,8-12H2,1-2H3/t15-/m1/s1. The highest BCUT2D eigenvalue weighted by atomic mass is 16.1. The second kappa shape index (κ2) is 5.53. The van der Waals surface area contributed by atoms with E-state index in [-0.39, 0.29) is 5.54 Å². The lowest BCUT2D eigenvalue weighted by atomic mass is 9.84. The maximum absolute atomic E-state index is 10.9. The lowest BCUT2D eigenvalue weighted by Crippen LogP contribution is -2.57. The largest absolute Gasteiger partial charge is 0.340 e. The molecule has 18 heavy (non-hydrogen) atoms. The summed E-state index contributed by atoms with van der Waals surface area (Å²) in [6, 6.07) is 10.5. The van der Waals surface area contributed by atoms with Crippen LogP contribution in [0.25, 0.3) is 0 Å². The van der Waals surface area contributed by atoms with Crippen molar-refractivity contribution in [3.05, 3.63) is 35.9 Å². The van der Waals surface area contributed by atoms with Crippen LogP contribution in [0.15, 0.2) is 30.3 Å². The third kappa shape index (κ3) is 2.91. The van der Waals surface area contributed by atoms with Gasteiger partial charge in [0.2, 0.25) is 6.41 Å². The van der Waals surface area contributed by atoms with Crippen molar-refractivity contribution in [1.29, 1.82) is 0 Å². The third-order valence-corrected chi connectivity index (χ3v) is 4.04. The molecule has 1 heterocycles. The number of nitrogens with zero attached hydrogens (tertiary/aromatic N) is 2. The minimum Gasteiger partial charge on any atom is -0.340 e. The highest BCUT2D eigenvalue weighted by Crippen LogP contribution is 2.31. The average Bonchev–Trinajstić information content (AvgIpc) is 2.36. The second-order valence-electron chi connectivity index (χ2n) is 5.52. The molecule has 3 heteroatoms. The molecular formula is C15H22N2O. The summed E-state index contributed by atoms with van der Waals surface area (Å²) in [7, 11) is 2.14. The summed E-state index contributed by atoms with van der Waals surface area (Å²) in [5.74, 6) is 0. The molecule has 1 aromatic carbocycles. The van der Waals surface area contributed by atoms with Crippen LogP contribution in [0.1, 0.15) is 25.3 Å². The predicted octanol–water partition coefficient (Wildman–Crippen LogP) is 2.13. The van der Waals surface area contributed by atoms with E-state index in [1.165, 1.54) is 5.56 Å². The summed E-state index contributed by atoms with van der Waals surface area (Å²) in [6.07, 6.45) is 3.17. The van der Waals surface area contributed by atoms with Crippen LogP contribution in [0.2, 0.25) is 0 Å². The van der Waals surface area contributed by atoms with E-state index in [1.807, 2.05) is 11.0 Å². The van der Waals surface area contributed by atoms with E-state index in [1.54, 1.807) is 0 Å². The molecule has 1 amide bonds. The zero-order valence-electron chi connectivity index (χ0n) is 11.3. The number of rotatable bonds is 6.